The molecule has 0 radical (unpaired) electrons. The average Bonchev–Trinajstić information content (AvgIpc) is 3.39. The Morgan fingerprint density at radius 3 is 2.37 bits per heavy atom. The number of imidazole rings is 1. The number of amidine groups is 1. The van der Waals surface area contributed by atoms with Crippen molar-refractivity contribution in [1.82, 2.24) is 15.3 Å². The molecule has 3 aromatic carbocycles. The highest BCUT2D eigenvalue weighted by Gasteiger charge is 2.11. The topological polar surface area (TPSA) is 62.3 Å². The number of aromatic amines is 1. The zero-order chi connectivity index (χ0) is 18.1. The quantitative estimate of drug-likeness (QED) is 0.572. The summed E-state index contributed by atoms with van der Waals surface area (Å²) in [5.41, 5.74) is 4.04. The fourth-order valence-electron chi connectivity index (χ4n) is 3.19. The zero-order valence-electron chi connectivity index (χ0n) is 14.6. The summed E-state index contributed by atoms with van der Waals surface area (Å²) in [5, 5.41) is 3.30. The highest BCUT2D eigenvalue weighted by Crippen LogP contribution is 2.26. The number of benzene rings is 3. The normalized spacial score (nSPS) is 13.4. The average molecular weight is 354 g/mol. The highest BCUT2D eigenvalue weighted by molar-refractivity contribution is 6.02. The molecule has 2 heterocycles. The van der Waals surface area contributed by atoms with Crippen LogP contribution in [-0.2, 0) is 0 Å². The van der Waals surface area contributed by atoms with Gasteiger partial charge in [-0.2, -0.15) is 0 Å². The minimum atomic E-state index is 0.800. The van der Waals surface area contributed by atoms with Gasteiger partial charge in [-0.15, -0.1) is 0 Å². The van der Waals surface area contributed by atoms with Gasteiger partial charge in [-0.1, -0.05) is 18.2 Å². The van der Waals surface area contributed by atoms with E-state index in [1.807, 2.05) is 54.6 Å². The van der Waals surface area contributed by atoms with Crippen LogP contribution in [-0.4, -0.2) is 28.9 Å². The zero-order valence-corrected chi connectivity index (χ0v) is 14.6. The standard InChI is InChI=1S/C22H18N4O/c1-2-4-17(5-3-1)27-18-9-6-15(7-10-18)22-25-19-11-8-16(14-20(19)26-22)21-23-12-13-24-21/h1-11,14H,12-13H2,(H,23,24)(H,25,26). The molecular weight excluding hydrogens is 336 g/mol. The molecule has 0 saturated carbocycles. The number of nitrogens with zero attached hydrogens (tertiary/aromatic N) is 2. The third-order valence-corrected chi connectivity index (χ3v) is 4.54. The van der Waals surface area contributed by atoms with Gasteiger partial charge in [-0.05, 0) is 54.6 Å². The van der Waals surface area contributed by atoms with Crippen molar-refractivity contribution in [3.63, 3.8) is 0 Å². The number of fused-ring (bicyclic) bond motifs is 1. The lowest BCUT2D eigenvalue weighted by Crippen LogP contribution is -2.19. The molecule has 5 nitrogen and oxygen atoms in total. The molecule has 1 aliphatic rings. The highest BCUT2D eigenvalue weighted by atomic mass is 16.5. The number of hydrogen-bond donors (Lipinski definition) is 2. The molecule has 5 heteroatoms. The molecule has 2 N–H and O–H groups in total. The van der Waals surface area contributed by atoms with Gasteiger partial charge in [0.1, 0.15) is 23.2 Å². The van der Waals surface area contributed by atoms with Crippen molar-refractivity contribution in [3.05, 3.63) is 78.4 Å². The number of aromatic nitrogens is 2. The molecule has 0 unspecified atom stereocenters. The summed E-state index contributed by atoms with van der Waals surface area (Å²) >= 11 is 0. The molecule has 0 atom stereocenters. The molecule has 4 aromatic rings. The molecule has 132 valence electrons. The van der Waals surface area contributed by atoms with Crippen molar-refractivity contribution in [1.29, 1.82) is 0 Å². The minimum absolute atomic E-state index is 0.800. The fraction of sp³-hybridized carbons (Fsp3) is 0.0909. The van der Waals surface area contributed by atoms with Crippen molar-refractivity contribution in [2.45, 2.75) is 0 Å². The van der Waals surface area contributed by atoms with Gasteiger partial charge in [0.2, 0.25) is 0 Å². The number of rotatable bonds is 4. The van der Waals surface area contributed by atoms with E-state index < -0.39 is 0 Å². The minimum Gasteiger partial charge on any atom is -0.457 e. The smallest absolute Gasteiger partial charge is 0.138 e. The van der Waals surface area contributed by atoms with Crippen LogP contribution in [0, 0.1) is 0 Å². The first kappa shape index (κ1) is 15.6. The van der Waals surface area contributed by atoms with Crippen molar-refractivity contribution in [2.24, 2.45) is 4.99 Å². The van der Waals surface area contributed by atoms with Crippen LogP contribution in [0.3, 0.4) is 0 Å². The Labute approximate surface area is 156 Å². The van der Waals surface area contributed by atoms with Crippen LogP contribution in [0.1, 0.15) is 5.56 Å². The summed E-state index contributed by atoms with van der Waals surface area (Å²) in [6.45, 7) is 1.73. The van der Waals surface area contributed by atoms with Crippen LogP contribution in [0.25, 0.3) is 22.4 Å². The predicted octanol–water partition coefficient (Wildman–Crippen LogP) is 4.37. The Morgan fingerprint density at radius 2 is 1.59 bits per heavy atom. The number of hydrogen-bond acceptors (Lipinski definition) is 4. The first-order valence-electron chi connectivity index (χ1n) is 8.97. The fourth-order valence-corrected chi connectivity index (χ4v) is 3.19. The van der Waals surface area contributed by atoms with Crippen molar-refractivity contribution in [3.8, 4) is 22.9 Å². The number of ether oxygens (including phenoxy) is 1. The van der Waals surface area contributed by atoms with E-state index in [1.165, 1.54) is 0 Å². The molecule has 27 heavy (non-hydrogen) atoms. The predicted molar refractivity (Wildman–Crippen MR) is 107 cm³/mol. The van der Waals surface area contributed by atoms with Gasteiger partial charge in [0.25, 0.3) is 0 Å². The third-order valence-electron chi connectivity index (χ3n) is 4.54. The van der Waals surface area contributed by atoms with E-state index in [9.17, 15) is 0 Å². The van der Waals surface area contributed by atoms with Gasteiger partial charge < -0.3 is 15.0 Å². The van der Waals surface area contributed by atoms with E-state index in [0.717, 1.165) is 58.4 Å². The largest absolute Gasteiger partial charge is 0.457 e. The summed E-state index contributed by atoms with van der Waals surface area (Å²) in [4.78, 5) is 12.6. The molecule has 0 spiro atoms. The summed E-state index contributed by atoms with van der Waals surface area (Å²) in [5.74, 6) is 3.41. The van der Waals surface area contributed by atoms with E-state index in [2.05, 4.69) is 33.5 Å². The first-order chi connectivity index (χ1) is 13.3. The molecule has 5 rings (SSSR count). The van der Waals surface area contributed by atoms with Crippen molar-refractivity contribution >= 4 is 16.9 Å². The van der Waals surface area contributed by atoms with Crippen molar-refractivity contribution in [2.75, 3.05) is 13.1 Å². The van der Waals surface area contributed by atoms with Crippen LogP contribution in [0.4, 0.5) is 0 Å². The number of aliphatic imine (C=N–C) groups is 1. The maximum absolute atomic E-state index is 5.85. The molecule has 1 aromatic heterocycles. The maximum Gasteiger partial charge on any atom is 0.138 e. The first-order valence-corrected chi connectivity index (χ1v) is 8.97. The molecular formula is C22H18N4O. The van der Waals surface area contributed by atoms with E-state index in [4.69, 9.17) is 9.72 Å². The Hall–Kier alpha value is -3.60. The van der Waals surface area contributed by atoms with Crippen LogP contribution in [0.2, 0.25) is 0 Å². The summed E-state index contributed by atoms with van der Waals surface area (Å²) in [6.07, 6.45) is 0. The Balaban J connectivity index is 1.41. The SMILES string of the molecule is c1ccc(Oc2ccc(-c3nc4cc(C5=NCCN5)ccc4[nH]3)cc2)cc1. The Bertz CT molecular complexity index is 1110. The van der Waals surface area contributed by atoms with E-state index in [0.29, 0.717) is 0 Å². The van der Waals surface area contributed by atoms with Crippen molar-refractivity contribution < 1.29 is 4.74 Å². The monoisotopic (exact) mass is 354 g/mol. The second-order valence-corrected chi connectivity index (χ2v) is 6.41. The molecule has 1 aliphatic heterocycles. The second kappa shape index (κ2) is 6.61. The van der Waals surface area contributed by atoms with Gasteiger partial charge in [0.05, 0.1) is 17.6 Å². The van der Waals surface area contributed by atoms with Crippen LogP contribution < -0.4 is 10.1 Å². The third kappa shape index (κ3) is 3.15. The van der Waals surface area contributed by atoms with Crippen LogP contribution in [0.15, 0.2) is 77.8 Å². The summed E-state index contributed by atoms with van der Waals surface area (Å²) in [6, 6.07) is 23.9. The van der Waals surface area contributed by atoms with Gasteiger partial charge in [0.15, 0.2) is 0 Å². The van der Waals surface area contributed by atoms with Gasteiger partial charge in [0, 0.05) is 17.7 Å². The lowest BCUT2D eigenvalue weighted by Gasteiger charge is -2.05. The molecule has 0 fully saturated rings. The summed E-state index contributed by atoms with van der Waals surface area (Å²) in [7, 11) is 0. The number of nitrogens with one attached hydrogen (secondary N) is 2. The molecule has 0 saturated heterocycles. The molecule has 0 amide bonds. The number of H-pyrrole nitrogens is 1. The van der Waals surface area contributed by atoms with E-state index in [1.54, 1.807) is 0 Å². The Morgan fingerprint density at radius 1 is 0.815 bits per heavy atom. The van der Waals surface area contributed by atoms with Crippen LogP contribution in [0.5, 0.6) is 11.5 Å². The summed E-state index contributed by atoms with van der Waals surface area (Å²) < 4.78 is 5.85. The molecule has 0 aliphatic carbocycles. The van der Waals surface area contributed by atoms with Gasteiger partial charge in [-0.25, -0.2) is 4.98 Å². The lowest BCUT2D eigenvalue weighted by molar-refractivity contribution is 0.483. The second-order valence-electron chi connectivity index (χ2n) is 6.41. The van der Waals surface area contributed by atoms with Gasteiger partial charge in [-0.3, -0.25) is 4.99 Å². The van der Waals surface area contributed by atoms with E-state index >= 15 is 0 Å². The molecule has 0 bridgehead atoms. The van der Waals surface area contributed by atoms with Gasteiger partial charge >= 0.3 is 0 Å². The van der Waals surface area contributed by atoms with E-state index in [-0.39, 0.29) is 0 Å². The maximum atomic E-state index is 5.85. The Kier molecular flexibility index (Phi) is 3.83. The lowest BCUT2D eigenvalue weighted by atomic mass is 10.2. The van der Waals surface area contributed by atoms with Crippen LogP contribution >= 0.6 is 0 Å². The number of para-hydroxylation sites is 1.